The van der Waals surface area contributed by atoms with Crippen molar-refractivity contribution < 1.29 is 13.9 Å². The van der Waals surface area contributed by atoms with Crippen molar-refractivity contribution in [2.75, 3.05) is 13.7 Å². The molecular formula is C13H18FNO2. The summed E-state index contributed by atoms with van der Waals surface area (Å²) in [5.41, 5.74) is 0.418. The molecular weight excluding hydrogens is 221 g/mol. The monoisotopic (exact) mass is 239 g/mol. The lowest BCUT2D eigenvalue weighted by Crippen LogP contribution is -2.36. The highest BCUT2D eigenvalue weighted by Crippen LogP contribution is 2.15. The summed E-state index contributed by atoms with van der Waals surface area (Å²) in [7, 11) is 1.38. The molecule has 94 valence electrons. The zero-order chi connectivity index (χ0) is 12.9. The smallest absolute Gasteiger partial charge is 0.312 e. The van der Waals surface area contributed by atoms with Gasteiger partial charge in [-0.3, -0.25) is 4.79 Å². The Bertz CT molecular complexity index is 374. The van der Waals surface area contributed by atoms with Crippen LogP contribution in [0.1, 0.15) is 19.4 Å². The van der Waals surface area contributed by atoms with Crippen LogP contribution in [-0.2, 0) is 16.1 Å². The van der Waals surface area contributed by atoms with E-state index in [1.165, 1.54) is 19.2 Å². The SMILES string of the molecule is COC(=O)C(C)(C)CNCc1ccc(F)cc1. The Hall–Kier alpha value is -1.42. The number of carbonyl (C=O) groups is 1. The number of ether oxygens (including phenoxy) is 1. The molecule has 0 heterocycles. The molecule has 4 heteroatoms. The number of benzene rings is 1. The molecule has 17 heavy (non-hydrogen) atoms. The standard InChI is InChI=1S/C13H18FNO2/c1-13(2,12(16)17-3)9-15-8-10-4-6-11(14)7-5-10/h4-7,15H,8-9H2,1-3H3. The zero-order valence-corrected chi connectivity index (χ0v) is 10.4. The van der Waals surface area contributed by atoms with Crippen molar-refractivity contribution in [3.63, 3.8) is 0 Å². The molecule has 1 aromatic carbocycles. The molecule has 0 aliphatic rings. The van der Waals surface area contributed by atoms with Crippen molar-refractivity contribution in [2.45, 2.75) is 20.4 Å². The van der Waals surface area contributed by atoms with E-state index in [4.69, 9.17) is 4.74 Å². The van der Waals surface area contributed by atoms with E-state index in [0.29, 0.717) is 13.1 Å². The fourth-order valence-corrected chi connectivity index (χ4v) is 1.47. The molecule has 0 spiro atoms. The second-order valence-corrected chi connectivity index (χ2v) is 4.61. The van der Waals surface area contributed by atoms with Gasteiger partial charge in [0.25, 0.3) is 0 Å². The Morgan fingerprint density at radius 2 is 1.94 bits per heavy atom. The molecule has 0 aliphatic heterocycles. The lowest BCUT2D eigenvalue weighted by atomic mass is 9.94. The zero-order valence-electron chi connectivity index (χ0n) is 10.4. The number of halogens is 1. The van der Waals surface area contributed by atoms with Crippen LogP contribution in [0.2, 0.25) is 0 Å². The third kappa shape index (κ3) is 4.15. The van der Waals surface area contributed by atoms with Crippen molar-refractivity contribution in [1.82, 2.24) is 5.32 Å². The third-order valence-electron chi connectivity index (χ3n) is 2.55. The molecule has 0 amide bonds. The molecule has 0 saturated carbocycles. The molecule has 0 aromatic heterocycles. The van der Waals surface area contributed by atoms with Gasteiger partial charge in [-0.2, -0.15) is 0 Å². The predicted octanol–water partition coefficient (Wildman–Crippen LogP) is 2.11. The molecule has 1 N–H and O–H groups in total. The van der Waals surface area contributed by atoms with Gasteiger partial charge in [0.15, 0.2) is 0 Å². The van der Waals surface area contributed by atoms with E-state index >= 15 is 0 Å². The van der Waals surface area contributed by atoms with Crippen molar-refractivity contribution in [3.05, 3.63) is 35.6 Å². The van der Waals surface area contributed by atoms with E-state index in [9.17, 15) is 9.18 Å². The van der Waals surface area contributed by atoms with Crippen LogP contribution in [0.3, 0.4) is 0 Å². The summed E-state index contributed by atoms with van der Waals surface area (Å²) in [6.45, 7) is 4.74. The average Bonchev–Trinajstić information content (AvgIpc) is 2.30. The lowest BCUT2D eigenvalue weighted by Gasteiger charge is -2.21. The highest BCUT2D eigenvalue weighted by atomic mass is 19.1. The maximum absolute atomic E-state index is 12.7. The van der Waals surface area contributed by atoms with Crippen molar-refractivity contribution in [1.29, 1.82) is 0 Å². The number of hydrogen-bond donors (Lipinski definition) is 1. The maximum Gasteiger partial charge on any atom is 0.312 e. The Balaban J connectivity index is 2.42. The summed E-state index contributed by atoms with van der Waals surface area (Å²) in [5.74, 6) is -0.493. The van der Waals surface area contributed by atoms with Crippen LogP contribution in [0.15, 0.2) is 24.3 Å². The molecule has 0 radical (unpaired) electrons. The first-order valence-electron chi connectivity index (χ1n) is 5.49. The van der Waals surface area contributed by atoms with Crippen molar-refractivity contribution in [2.24, 2.45) is 5.41 Å². The van der Waals surface area contributed by atoms with E-state index in [1.807, 2.05) is 13.8 Å². The molecule has 0 fully saturated rings. The second kappa shape index (κ2) is 5.77. The number of methoxy groups -OCH3 is 1. The van der Waals surface area contributed by atoms with Gasteiger partial charge in [0, 0.05) is 13.1 Å². The first-order chi connectivity index (χ1) is 7.95. The second-order valence-electron chi connectivity index (χ2n) is 4.61. The van der Waals surface area contributed by atoms with Crippen LogP contribution >= 0.6 is 0 Å². The van der Waals surface area contributed by atoms with Gasteiger partial charge in [-0.05, 0) is 31.5 Å². The van der Waals surface area contributed by atoms with Gasteiger partial charge < -0.3 is 10.1 Å². The van der Waals surface area contributed by atoms with Gasteiger partial charge in [0.05, 0.1) is 12.5 Å². The topological polar surface area (TPSA) is 38.3 Å². The molecule has 0 atom stereocenters. The quantitative estimate of drug-likeness (QED) is 0.800. The van der Waals surface area contributed by atoms with Gasteiger partial charge in [0.2, 0.25) is 0 Å². The molecule has 3 nitrogen and oxygen atoms in total. The molecule has 1 rings (SSSR count). The number of carbonyl (C=O) groups excluding carboxylic acids is 1. The largest absolute Gasteiger partial charge is 0.469 e. The van der Waals surface area contributed by atoms with Crippen LogP contribution in [-0.4, -0.2) is 19.6 Å². The highest BCUT2D eigenvalue weighted by molar-refractivity contribution is 5.76. The minimum absolute atomic E-state index is 0.246. The van der Waals surface area contributed by atoms with Crippen LogP contribution in [0.5, 0.6) is 0 Å². The lowest BCUT2D eigenvalue weighted by molar-refractivity contribution is -0.150. The number of esters is 1. The Labute approximate surface area is 101 Å². The van der Waals surface area contributed by atoms with E-state index < -0.39 is 5.41 Å². The van der Waals surface area contributed by atoms with Crippen LogP contribution < -0.4 is 5.32 Å². The minimum Gasteiger partial charge on any atom is -0.469 e. The minimum atomic E-state index is -0.561. The van der Waals surface area contributed by atoms with Gasteiger partial charge in [0.1, 0.15) is 5.82 Å². The van der Waals surface area contributed by atoms with Gasteiger partial charge in [-0.25, -0.2) is 4.39 Å². The van der Waals surface area contributed by atoms with Gasteiger partial charge in [-0.15, -0.1) is 0 Å². The molecule has 1 aromatic rings. The van der Waals surface area contributed by atoms with E-state index in [-0.39, 0.29) is 11.8 Å². The summed E-state index contributed by atoms with van der Waals surface area (Å²) >= 11 is 0. The fraction of sp³-hybridized carbons (Fsp3) is 0.462. The molecule has 0 unspecified atom stereocenters. The number of hydrogen-bond acceptors (Lipinski definition) is 3. The molecule has 0 saturated heterocycles. The first-order valence-corrected chi connectivity index (χ1v) is 5.49. The third-order valence-corrected chi connectivity index (χ3v) is 2.55. The Morgan fingerprint density at radius 3 is 2.47 bits per heavy atom. The van der Waals surface area contributed by atoms with Crippen molar-refractivity contribution in [3.8, 4) is 0 Å². The summed E-state index contributed by atoms with van der Waals surface area (Å²) in [6, 6.07) is 6.27. The van der Waals surface area contributed by atoms with Gasteiger partial charge >= 0.3 is 5.97 Å². The van der Waals surface area contributed by atoms with E-state index in [0.717, 1.165) is 5.56 Å². The number of nitrogens with one attached hydrogen (secondary N) is 1. The summed E-state index contributed by atoms with van der Waals surface area (Å²) in [4.78, 5) is 11.4. The van der Waals surface area contributed by atoms with E-state index in [1.54, 1.807) is 12.1 Å². The summed E-state index contributed by atoms with van der Waals surface area (Å²) in [5, 5.41) is 3.15. The number of rotatable bonds is 5. The first kappa shape index (κ1) is 13.6. The predicted molar refractivity (Wildman–Crippen MR) is 63.9 cm³/mol. The Morgan fingerprint density at radius 1 is 1.35 bits per heavy atom. The Kier molecular flexibility index (Phi) is 4.63. The molecule has 0 bridgehead atoms. The summed E-state index contributed by atoms with van der Waals surface area (Å²) in [6.07, 6.45) is 0. The van der Waals surface area contributed by atoms with Gasteiger partial charge in [-0.1, -0.05) is 12.1 Å². The van der Waals surface area contributed by atoms with E-state index in [2.05, 4.69) is 5.32 Å². The molecule has 0 aliphatic carbocycles. The van der Waals surface area contributed by atoms with Crippen molar-refractivity contribution >= 4 is 5.97 Å². The van der Waals surface area contributed by atoms with Crippen LogP contribution in [0.25, 0.3) is 0 Å². The maximum atomic E-state index is 12.7. The van der Waals surface area contributed by atoms with Crippen LogP contribution in [0.4, 0.5) is 4.39 Å². The highest BCUT2D eigenvalue weighted by Gasteiger charge is 2.27. The fourth-order valence-electron chi connectivity index (χ4n) is 1.47. The average molecular weight is 239 g/mol. The normalized spacial score (nSPS) is 11.3. The van der Waals surface area contributed by atoms with Crippen LogP contribution in [0, 0.1) is 11.2 Å². The summed E-state index contributed by atoms with van der Waals surface area (Å²) < 4.78 is 17.4.